The lowest BCUT2D eigenvalue weighted by atomic mass is 10.2. The fourth-order valence-corrected chi connectivity index (χ4v) is 1.60. The van der Waals surface area contributed by atoms with E-state index in [2.05, 4.69) is 5.10 Å². The highest BCUT2D eigenvalue weighted by Gasteiger charge is 2.11. The zero-order valence-corrected chi connectivity index (χ0v) is 9.07. The van der Waals surface area contributed by atoms with Crippen LogP contribution in [0.5, 0.6) is 0 Å². The monoisotopic (exact) mass is 218 g/mol. The number of benzene rings is 1. The van der Waals surface area contributed by atoms with Crippen molar-refractivity contribution in [1.29, 1.82) is 0 Å². The predicted molar refractivity (Wildman–Crippen MR) is 58.3 cm³/mol. The number of hydrogen-bond acceptors (Lipinski definition) is 2. The van der Waals surface area contributed by atoms with Crippen LogP contribution in [0.4, 0.5) is 4.39 Å². The number of aromatic nitrogens is 2. The van der Waals surface area contributed by atoms with Crippen LogP contribution in [0.3, 0.4) is 0 Å². The highest BCUT2D eigenvalue weighted by molar-refractivity contribution is 5.95. The molecule has 3 nitrogen and oxygen atoms in total. The van der Waals surface area contributed by atoms with Gasteiger partial charge in [-0.05, 0) is 38.1 Å². The molecule has 0 fully saturated rings. The van der Waals surface area contributed by atoms with Crippen LogP contribution in [0.2, 0.25) is 0 Å². The van der Waals surface area contributed by atoms with Crippen molar-refractivity contribution < 1.29 is 9.18 Å². The van der Waals surface area contributed by atoms with Gasteiger partial charge in [0, 0.05) is 0 Å². The summed E-state index contributed by atoms with van der Waals surface area (Å²) in [6, 6.07) is 5.98. The van der Waals surface area contributed by atoms with Crippen LogP contribution in [0, 0.1) is 12.7 Å². The maximum atomic E-state index is 12.8. The zero-order valence-electron chi connectivity index (χ0n) is 9.07. The van der Waals surface area contributed by atoms with Gasteiger partial charge in [0.15, 0.2) is 5.78 Å². The molecule has 1 aromatic carbocycles. The minimum absolute atomic E-state index is 0.0224. The number of hydrogen-bond donors (Lipinski definition) is 0. The SMILES string of the molecule is CC(=O)c1cnn(-c2ccc(F)cc2)c1C. The highest BCUT2D eigenvalue weighted by Crippen LogP contribution is 2.14. The molecule has 2 rings (SSSR count). The average Bonchev–Trinajstić information content (AvgIpc) is 2.61. The van der Waals surface area contributed by atoms with Gasteiger partial charge < -0.3 is 0 Å². The lowest BCUT2D eigenvalue weighted by Gasteiger charge is -2.04. The van der Waals surface area contributed by atoms with Crippen LogP contribution >= 0.6 is 0 Å². The molecular formula is C12H11FN2O. The average molecular weight is 218 g/mol. The first-order chi connectivity index (χ1) is 7.59. The maximum absolute atomic E-state index is 12.8. The van der Waals surface area contributed by atoms with E-state index in [4.69, 9.17) is 0 Å². The molecule has 0 aliphatic carbocycles. The Kier molecular flexibility index (Phi) is 2.56. The van der Waals surface area contributed by atoms with Crippen molar-refractivity contribution in [3.05, 3.63) is 47.5 Å². The van der Waals surface area contributed by atoms with Crippen LogP contribution in [-0.2, 0) is 0 Å². The van der Waals surface area contributed by atoms with Crippen LogP contribution < -0.4 is 0 Å². The smallest absolute Gasteiger partial charge is 0.163 e. The first-order valence-corrected chi connectivity index (χ1v) is 4.91. The molecule has 0 saturated heterocycles. The van der Waals surface area contributed by atoms with Crippen molar-refractivity contribution in [2.75, 3.05) is 0 Å². The Morgan fingerprint density at radius 2 is 1.94 bits per heavy atom. The van der Waals surface area contributed by atoms with Gasteiger partial charge in [0.05, 0.1) is 23.1 Å². The zero-order chi connectivity index (χ0) is 11.7. The Hall–Kier alpha value is -1.97. The molecule has 0 unspecified atom stereocenters. The number of ketones is 1. The molecule has 0 atom stereocenters. The number of nitrogens with zero attached hydrogens (tertiary/aromatic N) is 2. The van der Waals surface area contributed by atoms with E-state index in [1.54, 1.807) is 16.8 Å². The van der Waals surface area contributed by atoms with Crippen molar-refractivity contribution in [1.82, 2.24) is 9.78 Å². The second-order valence-corrected chi connectivity index (χ2v) is 3.59. The number of carbonyl (C=O) groups excluding carboxylic acids is 1. The molecule has 0 saturated carbocycles. The fraction of sp³-hybridized carbons (Fsp3) is 0.167. The van der Waals surface area contributed by atoms with Gasteiger partial charge in [-0.1, -0.05) is 0 Å². The lowest BCUT2D eigenvalue weighted by Crippen LogP contribution is -2.01. The van der Waals surface area contributed by atoms with Gasteiger partial charge in [-0.2, -0.15) is 5.10 Å². The summed E-state index contributed by atoms with van der Waals surface area (Å²) >= 11 is 0. The Morgan fingerprint density at radius 3 is 2.44 bits per heavy atom. The van der Waals surface area contributed by atoms with Crippen molar-refractivity contribution in [2.45, 2.75) is 13.8 Å². The number of carbonyl (C=O) groups is 1. The van der Waals surface area contributed by atoms with Crippen molar-refractivity contribution in [3.8, 4) is 5.69 Å². The summed E-state index contributed by atoms with van der Waals surface area (Å²) < 4.78 is 14.4. The highest BCUT2D eigenvalue weighted by atomic mass is 19.1. The summed E-state index contributed by atoms with van der Waals surface area (Å²) in [7, 11) is 0. The third kappa shape index (κ3) is 1.74. The Labute approximate surface area is 92.5 Å². The minimum atomic E-state index is -0.291. The third-order valence-electron chi connectivity index (χ3n) is 2.46. The topological polar surface area (TPSA) is 34.9 Å². The van der Waals surface area contributed by atoms with Crippen molar-refractivity contribution in [3.63, 3.8) is 0 Å². The summed E-state index contributed by atoms with van der Waals surface area (Å²) in [5.74, 6) is -0.314. The molecule has 2 aromatic rings. The maximum Gasteiger partial charge on any atom is 0.163 e. The van der Waals surface area contributed by atoms with Gasteiger partial charge in [-0.25, -0.2) is 9.07 Å². The third-order valence-corrected chi connectivity index (χ3v) is 2.46. The van der Waals surface area contributed by atoms with Crippen LogP contribution in [0.15, 0.2) is 30.5 Å². The normalized spacial score (nSPS) is 10.4. The number of Topliss-reactive ketones (excluding diaryl/α,β-unsaturated/α-hetero) is 1. The second kappa shape index (κ2) is 3.89. The summed E-state index contributed by atoms with van der Waals surface area (Å²) in [6.45, 7) is 3.31. The molecule has 82 valence electrons. The lowest BCUT2D eigenvalue weighted by molar-refractivity contribution is 0.101. The van der Waals surface area contributed by atoms with E-state index in [1.807, 2.05) is 6.92 Å². The van der Waals surface area contributed by atoms with Gasteiger partial charge in [0.2, 0.25) is 0 Å². The van der Waals surface area contributed by atoms with Gasteiger partial charge in [0.1, 0.15) is 5.82 Å². The van der Waals surface area contributed by atoms with E-state index in [9.17, 15) is 9.18 Å². The first-order valence-electron chi connectivity index (χ1n) is 4.91. The standard InChI is InChI=1S/C12H11FN2O/c1-8-12(9(2)16)7-14-15(8)11-5-3-10(13)4-6-11/h3-7H,1-2H3. The van der Waals surface area contributed by atoms with E-state index >= 15 is 0 Å². The van der Waals surface area contributed by atoms with Crippen LogP contribution in [0.1, 0.15) is 23.0 Å². The van der Waals surface area contributed by atoms with Crippen molar-refractivity contribution >= 4 is 5.78 Å². The summed E-state index contributed by atoms with van der Waals surface area (Å²) in [6.07, 6.45) is 1.53. The molecular weight excluding hydrogens is 207 g/mol. The van der Waals surface area contributed by atoms with E-state index in [-0.39, 0.29) is 11.6 Å². The van der Waals surface area contributed by atoms with Gasteiger partial charge >= 0.3 is 0 Å². The van der Waals surface area contributed by atoms with E-state index in [0.29, 0.717) is 5.56 Å². The molecule has 0 spiro atoms. The number of rotatable bonds is 2. The quantitative estimate of drug-likeness (QED) is 0.726. The van der Waals surface area contributed by atoms with Crippen LogP contribution in [-0.4, -0.2) is 15.6 Å². The van der Waals surface area contributed by atoms with E-state index < -0.39 is 0 Å². The van der Waals surface area contributed by atoms with Crippen molar-refractivity contribution in [2.24, 2.45) is 0 Å². The van der Waals surface area contributed by atoms with E-state index in [0.717, 1.165) is 11.4 Å². The molecule has 0 aliphatic rings. The van der Waals surface area contributed by atoms with Gasteiger partial charge in [0.25, 0.3) is 0 Å². The summed E-state index contributed by atoms with van der Waals surface area (Å²) in [5.41, 5.74) is 2.09. The molecule has 1 heterocycles. The van der Waals surface area contributed by atoms with Gasteiger partial charge in [-0.3, -0.25) is 4.79 Å². The van der Waals surface area contributed by atoms with Gasteiger partial charge in [-0.15, -0.1) is 0 Å². The molecule has 16 heavy (non-hydrogen) atoms. The number of halogens is 1. The second-order valence-electron chi connectivity index (χ2n) is 3.59. The molecule has 1 aromatic heterocycles. The first kappa shape index (κ1) is 10.5. The largest absolute Gasteiger partial charge is 0.294 e. The Bertz CT molecular complexity index is 528. The van der Waals surface area contributed by atoms with E-state index in [1.165, 1.54) is 25.3 Å². The minimum Gasteiger partial charge on any atom is -0.294 e. The molecule has 0 radical (unpaired) electrons. The predicted octanol–water partition coefficient (Wildman–Crippen LogP) is 2.52. The molecule has 4 heteroatoms. The summed E-state index contributed by atoms with van der Waals surface area (Å²) in [4.78, 5) is 11.3. The fourth-order valence-electron chi connectivity index (χ4n) is 1.60. The molecule has 0 bridgehead atoms. The Balaban J connectivity index is 2.49. The van der Waals surface area contributed by atoms with Crippen LogP contribution in [0.25, 0.3) is 5.69 Å². The Morgan fingerprint density at radius 1 is 1.31 bits per heavy atom. The summed E-state index contributed by atoms with van der Waals surface area (Å²) in [5, 5.41) is 4.11. The molecule has 0 aliphatic heterocycles. The molecule has 0 N–H and O–H groups in total. The molecule has 0 amide bonds.